The third-order valence-electron chi connectivity index (χ3n) is 4.53. The zero-order chi connectivity index (χ0) is 24.6. The molecule has 2 rings (SSSR count). The fourth-order valence-corrected chi connectivity index (χ4v) is 3.01. The Kier molecular flexibility index (Phi) is 9.89. The zero-order valence-electron chi connectivity index (χ0n) is 17.4. The highest BCUT2D eigenvalue weighted by molar-refractivity contribution is 6.26. The lowest BCUT2D eigenvalue weighted by atomic mass is 9.99. The Morgan fingerprint density at radius 3 is 2.42 bits per heavy atom. The quantitative estimate of drug-likeness (QED) is 0.299. The Morgan fingerprint density at radius 2 is 1.82 bits per heavy atom. The van der Waals surface area contributed by atoms with Gasteiger partial charge in [-0.3, -0.25) is 9.59 Å². The lowest BCUT2D eigenvalue weighted by molar-refractivity contribution is -0.294. The van der Waals surface area contributed by atoms with Crippen LogP contribution < -0.4 is 5.32 Å². The smallest absolute Gasteiger partial charge is 0.454 e. The number of hydrogen-bond acceptors (Lipinski definition) is 8. The summed E-state index contributed by atoms with van der Waals surface area (Å²) in [5.74, 6) is -4.23. The van der Waals surface area contributed by atoms with E-state index in [4.69, 9.17) is 30.5 Å². The maximum Gasteiger partial charge on any atom is 0.471 e. The topological polar surface area (TPSA) is 120 Å². The van der Waals surface area contributed by atoms with E-state index in [-0.39, 0.29) is 25.1 Å². The second-order valence-corrected chi connectivity index (χ2v) is 7.27. The van der Waals surface area contributed by atoms with Gasteiger partial charge in [-0.25, -0.2) is 4.79 Å². The first-order chi connectivity index (χ1) is 15.5. The molecule has 1 amide bonds. The number of carbonyl (C=O) groups is 3. The predicted molar refractivity (Wildman–Crippen MR) is 106 cm³/mol. The first-order valence-corrected chi connectivity index (χ1v) is 10.4. The summed E-state index contributed by atoms with van der Waals surface area (Å²) in [4.78, 5) is 35.0. The standard InChI is InChI=1S/C20H23ClF3NO8/c1-11-15(33-17(28)12-6-3-2-4-7-12)16(32-13(26)10-21)14(27)18(31-11)30-9-5-8-25-19(29)20(22,23)24/h2-4,6-7,11,14-16,18,27H,5,8-10H2,1H3,(H,25,29)/t11-,14-,15+,16-,18+/m0/s1. The number of esters is 2. The molecule has 0 spiro atoms. The van der Waals surface area contributed by atoms with E-state index in [1.54, 1.807) is 23.5 Å². The number of carbonyl (C=O) groups excluding carboxylic acids is 3. The van der Waals surface area contributed by atoms with Gasteiger partial charge in [0.15, 0.2) is 18.5 Å². The summed E-state index contributed by atoms with van der Waals surface area (Å²) in [5, 5.41) is 12.3. The maximum atomic E-state index is 12.4. The highest BCUT2D eigenvalue weighted by atomic mass is 35.5. The molecule has 1 aromatic carbocycles. The normalized spacial score (nSPS) is 25.2. The molecule has 0 aromatic heterocycles. The molecule has 0 saturated carbocycles. The van der Waals surface area contributed by atoms with Gasteiger partial charge < -0.3 is 29.4 Å². The number of ether oxygens (including phenoxy) is 4. The summed E-state index contributed by atoms with van der Waals surface area (Å²) in [6.07, 6.45) is -11.5. The Balaban J connectivity index is 1.99. The van der Waals surface area contributed by atoms with E-state index >= 15 is 0 Å². The van der Waals surface area contributed by atoms with Crippen LogP contribution in [0, 0.1) is 0 Å². The molecule has 184 valence electrons. The van der Waals surface area contributed by atoms with Gasteiger partial charge in [-0.2, -0.15) is 13.2 Å². The number of rotatable bonds is 9. The van der Waals surface area contributed by atoms with Crippen LogP contribution in [0.1, 0.15) is 23.7 Å². The second kappa shape index (κ2) is 12.2. The lowest BCUT2D eigenvalue weighted by Crippen LogP contribution is -2.60. The molecular weight excluding hydrogens is 475 g/mol. The van der Waals surface area contributed by atoms with Gasteiger partial charge in [0.05, 0.1) is 18.3 Å². The number of amides is 1. The Labute approximate surface area is 192 Å². The van der Waals surface area contributed by atoms with E-state index in [0.29, 0.717) is 0 Å². The van der Waals surface area contributed by atoms with Gasteiger partial charge in [0.25, 0.3) is 0 Å². The molecule has 1 aromatic rings. The van der Waals surface area contributed by atoms with Gasteiger partial charge >= 0.3 is 24.0 Å². The fraction of sp³-hybridized carbons (Fsp3) is 0.550. The third kappa shape index (κ3) is 7.84. The Hall–Kier alpha value is -2.41. The minimum atomic E-state index is -5.00. The van der Waals surface area contributed by atoms with Gasteiger partial charge in [0.1, 0.15) is 12.0 Å². The second-order valence-electron chi connectivity index (χ2n) is 7.00. The molecule has 1 aliphatic rings. The summed E-state index contributed by atoms with van der Waals surface area (Å²) >= 11 is 5.48. The Bertz CT molecular complexity index is 810. The highest BCUT2D eigenvalue weighted by Crippen LogP contribution is 2.28. The molecule has 1 heterocycles. The minimum absolute atomic E-state index is 0.0265. The van der Waals surface area contributed by atoms with Crippen molar-refractivity contribution in [3.8, 4) is 0 Å². The summed E-state index contributed by atoms with van der Waals surface area (Å²) in [6.45, 7) is 0.964. The number of hydrogen-bond donors (Lipinski definition) is 2. The third-order valence-corrected chi connectivity index (χ3v) is 4.74. The number of nitrogens with one attached hydrogen (secondary N) is 1. The van der Waals surface area contributed by atoms with Crippen molar-refractivity contribution in [2.24, 2.45) is 0 Å². The highest BCUT2D eigenvalue weighted by Gasteiger charge is 2.48. The van der Waals surface area contributed by atoms with E-state index in [0.717, 1.165) is 0 Å². The van der Waals surface area contributed by atoms with Crippen molar-refractivity contribution in [2.45, 2.75) is 50.2 Å². The van der Waals surface area contributed by atoms with Crippen molar-refractivity contribution < 1.29 is 51.6 Å². The van der Waals surface area contributed by atoms with Crippen LogP contribution in [0.25, 0.3) is 0 Å². The van der Waals surface area contributed by atoms with E-state index in [1.165, 1.54) is 19.1 Å². The van der Waals surface area contributed by atoms with E-state index in [1.807, 2.05) is 0 Å². The Morgan fingerprint density at radius 1 is 1.15 bits per heavy atom. The molecule has 0 aliphatic carbocycles. The van der Waals surface area contributed by atoms with Crippen LogP contribution >= 0.6 is 11.6 Å². The molecule has 0 bridgehead atoms. The number of halogens is 4. The summed E-state index contributed by atoms with van der Waals surface area (Å²) in [6, 6.07) is 7.97. The van der Waals surface area contributed by atoms with Crippen molar-refractivity contribution in [1.82, 2.24) is 5.32 Å². The van der Waals surface area contributed by atoms with E-state index in [2.05, 4.69) is 0 Å². The van der Waals surface area contributed by atoms with Crippen LogP contribution in [-0.2, 0) is 28.5 Å². The average Bonchev–Trinajstić information content (AvgIpc) is 2.78. The minimum Gasteiger partial charge on any atom is -0.454 e. The van der Waals surface area contributed by atoms with Gasteiger partial charge in [-0.1, -0.05) is 18.2 Å². The SMILES string of the molecule is C[C@@H]1O[C@@H](OCCCNC(=O)C(F)(F)F)[C@@H](O)[C@H](OC(=O)CCl)[C@@H]1OC(=O)c1ccccc1. The van der Waals surface area contributed by atoms with Crippen molar-refractivity contribution in [3.05, 3.63) is 35.9 Å². The van der Waals surface area contributed by atoms with Crippen molar-refractivity contribution in [2.75, 3.05) is 19.0 Å². The molecule has 9 nitrogen and oxygen atoms in total. The predicted octanol–water partition coefficient (Wildman–Crippen LogP) is 1.55. The van der Waals surface area contributed by atoms with Crippen molar-refractivity contribution >= 4 is 29.4 Å². The molecule has 33 heavy (non-hydrogen) atoms. The first kappa shape index (κ1) is 26.8. The van der Waals surface area contributed by atoms with Crippen LogP contribution in [0.4, 0.5) is 13.2 Å². The molecule has 1 aliphatic heterocycles. The van der Waals surface area contributed by atoms with E-state index < -0.39 is 60.6 Å². The number of aliphatic hydroxyl groups excluding tert-OH is 1. The maximum absolute atomic E-state index is 12.4. The molecule has 0 unspecified atom stereocenters. The monoisotopic (exact) mass is 497 g/mol. The average molecular weight is 498 g/mol. The molecular formula is C20H23ClF3NO8. The number of aliphatic hydroxyl groups is 1. The summed E-state index contributed by atoms with van der Waals surface area (Å²) in [5.41, 5.74) is 0.223. The van der Waals surface area contributed by atoms with Gasteiger partial charge in [-0.05, 0) is 25.5 Å². The molecule has 2 N–H and O–H groups in total. The molecule has 5 atom stereocenters. The van der Waals surface area contributed by atoms with Crippen LogP contribution in [0.15, 0.2) is 30.3 Å². The fourth-order valence-electron chi connectivity index (χ4n) is 2.95. The summed E-state index contributed by atoms with van der Waals surface area (Å²) < 4.78 is 58.0. The van der Waals surface area contributed by atoms with Crippen molar-refractivity contribution in [3.63, 3.8) is 0 Å². The lowest BCUT2D eigenvalue weighted by Gasteiger charge is -2.42. The molecule has 1 saturated heterocycles. The number of alkyl halides is 4. The first-order valence-electron chi connectivity index (χ1n) is 9.86. The van der Waals surface area contributed by atoms with Crippen molar-refractivity contribution in [1.29, 1.82) is 0 Å². The van der Waals surface area contributed by atoms with Crippen LogP contribution in [-0.4, -0.2) is 78.9 Å². The molecule has 13 heteroatoms. The van der Waals surface area contributed by atoms with Crippen LogP contribution in [0.3, 0.4) is 0 Å². The van der Waals surface area contributed by atoms with E-state index in [9.17, 15) is 32.7 Å². The number of benzene rings is 1. The van der Waals surface area contributed by atoms with Gasteiger partial charge in [0.2, 0.25) is 0 Å². The largest absolute Gasteiger partial charge is 0.471 e. The van der Waals surface area contributed by atoms with Gasteiger partial charge in [0, 0.05) is 6.54 Å². The zero-order valence-corrected chi connectivity index (χ0v) is 18.2. The summed E-state index contributed by atoms with van der Waals surface area (Å²) in [7, 11) is 0. The molecule has 0 radical (unpaired) electrons. The van der Waals surface area contributed by atoms with Crippen LogP contribution in [0.2, 0.25) is 0 Å². The van der Waals surface area contributed by atoms with Crippen LogP contribution in [0.5, 0.6) is 0 Å². The molecule has 1 fully saturated rings. The van der Waals surface area contributed by atoms with Gasteiger partial charge in [-0.15, -0.1) is 11.6 Å².